The zero-order valence-electron chi connectivity index (χ0n) is 16.2. The number of pyridine rings is 1. The molecule has 3 aliphatic heterocycles. The Labute approximate surface area is 157 Å². The fourth-order valence-corrected chi connectivity index (χ4v) is 5.55. The summed E-state index contributed by atoms with van der Waals surface area (Å²) in [4.78, 5) is 12.5. The molecule has 5 nitrogen and oxygen atoms in total. The summed E-state index contributed by atoms with van der Waals surface area (Å²) in [6.45, 7) is 11.1. The third-order valence-electron chi connectivity index (χ3n) is 7.14. The highest BCUT2D eigenvalue weighted by molar-refractivity contribution is 5.62. The van der Waals surface area contributed by atoms with E-state index >= 15 is 0 Å². The van der Waals surface area contributed by atoms with E-state index in [0.29, 0.717) is 12.1 Å². The van der Waals surface area contributed by atoms with Gasteiger partial charge in [-0.2, -0.15) is 0 Å². The second kappa shape index (κ2) is 6.59. The van der Waals surface area contributed by atoms with E-state index in [-0.39, 0.29) is 0 Å². The normalized spacial score (nSPS) is 31.4. The zero-order valence-corrected chi connectivity index (χ0v) is 16.2. The van der Waals surface area contributed by atoms with Gasteiger partial charge in [-0.1, -0.05) is 6.42 Å². The summed E-state index contributed by atoms with van der Waals surface area (Å²) >= 11 is 0. The van der Waals surface area contributed by atoms with Gasteiger partial charge in [0.1, 0.15) is 0 Å². The van der Waals surface area contributed by atoms with Gasteiger partial charge in [-0.15, -0.1) is 0 Å². The highest BCUT2D eigenvalue weighted by atomic mass is 16.5. The molecular formula is C21H32N4O. The van der Waals surface area contributed by atoms with Crippen molar-refractivity contribution in [3.05, 3.63) is 12.3 Å². The summed E-state index contributed by atoms with van der Waals surface area (Å²) in [7, 11) is 0. The second-order valence-corrected chi connectivity index (χ2v) is 8.94. The highest BCUT2D eigenvalue weighted by Gasteiger charge is 2.37. The van der Waals surface area contributed by atoms with E-state index in [2.05, 4.69) is 40.8 Å². The molecule has 0 aromatic carbocycles. The van der Waals surface area contributed by atoms with Crippen LogP contribution in [-0.2, 0) is 0 Å². The Kier molecular flexibility index (Phi) is 4.23. The summed E-state index contributed by atoms with van der Waals surface area (Å²) in [5.74, 6) is 3.88. The average molecular weight is 357 g/mol. The first-order valence-corrected chi connectivity index (χ1v) is 10.6. The lowest BCUT2D eigenvalue weighted by atomic mass is 10.0. The van der Waals surface area contributed by atoms with Gasteiger partial charge in [0.25, 0.3) is 0 Å². The predicted octanol–water partition coefficient (Wildman–Crippen LogP) is 3.00. The van der Waals surface area contributed by atoms with Crippen molar-refractivity contribution in [2.75, 3.05) is 49.1 Å². The molecule has 0 spiro atoms. The lowest BCUT2D eigenvalue weighted by Crippen LogP contribution is -2.55. The van der Waals surface area contributed by atoms with Gasteiger partial charge in [0.05, 0.1) is 18.5 Å². The Morgan fingerprint density at radius 1 is 1.08 bits per heavy atom. The molecule has 0 bridgehead atoms. The van der Waals surface area contributed by atoms with Crippen LogP contribution >= 0.6 is 0 Å². The van der Waals surface area contributed by atoms with Crippen molar-refractivity contribution in [2.45, 2.75) is 51.6 Å². The van der Waals surface area contributed by atoms with Crippen LogP contribution in [0.4, 0.5) is 11.5 Å². The van der Waals surface area contributed by atoms with Crippen molar-refractivity contribution in [3.63, 3.8) is 0 Å². The summed E-state index contributed by atoms with van der Waals surface area (Å²) in [5, 5.41) is 0. The van der Waals surface area contributed by atoms with Crippen molar-refractivity contribution in [1.82, 2.24) is 9.88 Å². The van der Waals surface area contributed by atoms with Crippen LogP contribution in [0.15, 0.2) is 12.3 Å². The van der Waals surface area contributed by atoms with Crippen LogP contribution in [0.25, 0.3) is 0 Å². The van der Waals surface area contributed by atoms with Gasteiger partial charge < -0.3 is 14.5 Å². The summed E-state index contributed by atoms with van der Waals surface area (Å²) in [5.41, 5.74) is 1.26. The Bertz CT molecular complexity index is 651. The van der Waals surface area contributed by atoms with Crippen LogP contribution in [0.5, 0.6) is 5.75 Å². The number of fused-ring (bicyclic) bond motifs is 4. The Hall–Kier alpha value is -1.49. The van der Waals surface area contributed by atoms with Crippen molar-refractivity contribution >= 4 is 11.5 Å². The number of piperazine rings is 1. The van der Waals surface area contributed by atoms with Crippen molar-refractivity contribution in [3.8, 4) is 5.75 Å². The maximum Gasteiger partial charge on any atom is 0.171 e. The Morgan fingerprint density at radius 3 is 2.65 bits per heavy atom. The molecule has 0 N–H and O–H groups in total. The molecule has 3 atom stereocenters. The molecule has 1 aromatic rings. The topological polar surface area (TPSA) is 31.8 Å². The van der Waals surface area contributed by atoms with Gasteiger partial charge in [0, 0.05) is 57.3 Å². The molecule has 5 rings (SSSR count). The zero-order chi connectivity index (χ0) is 17.7. The van der Waals surface area contributed by atoms with E-state index in [9.17, 15) is 0 Å². The van der Waals surface area contributed by atoms with Crippen molar-refractivity contribution in [2.24, 2.45) is 11.8 Å². The Morgan fingerprint density at radius 2 is 1.88 bits per heavy atom. The molecular weight excluding hydrogens is 324 g/mol. The smallest absolute Gasteiger partial charge is 0.171 e. The van der Waals surface area contributed by atoms with E-state index in [0.717, 1.165) is 56.1 Å². The fraction of sp³-hybridized carbons (Fsp3) is 0.762. The molecule has 1 aromatic heterocycles. The second-order valence-electron chi connectivity index (χ2n) is 8.94. The number of aromatic nitrogens is 1. The van der Waals surface area contributed by atoms with Gasteiger partial charge in [-0.25, -0.2) is 4.98 Å². The minimum atomic E-state index is 0.525. The molecule has 2 saturated heterocycles. The third kappa shape index (κ3) is 2.84. The number of hydrogen-bond donors (Lipinski definition) is 0. The predicted molar refractivity (Wildman–Crippen MR) is 105 cm³/mol. The van der Waals surface area contributed by atoms with Crippen LogP contribution in [0.3, 0.4) is 0 Å². The fourth-order valence-electron chi connectivity index (χ4n) is 5.55. The van der Waals surface area contributed by atoms with Gasteiger partial charge in [-0.3, -0.25) is 4.90 Å². The molecule has 0 radical (unpaired) electrons. The number of rotatable bonds is 2. The maximum atomic E-state index is 6.18. The quantitative estimate of drug-likeness (QED) is 0.813. The number of ether oxygens (including phenoxy) is 1. The van der Waals surface area contributed by atoms with Gasteiger partial charge in [-0.05, 0) is 38.5 Å². The number of anilines is 2. The molecule has 1 aliphatic carbocycles. The van der Waals surface area contributed by atoms with Crippen LogP contribution in [0.1, 0.15) is 39.5 Å². The molecule has 4 heterocycles. The Balaban J connectivity index is 1.37. The van der Waals surface area contributed by atoms with E-state index in [1.54, 1.807) is 0 Å². The molecule has 3 fully saturated rings. The molecule has 142 valence electrons. The van der Waals surface area contributed by atoms with Crippen molar-refractivity contribution < 1.29 is 4.74 Å². The van der Waals surface area contributed by atoms with E-state index in [1.165, 1.54) is 38.0 Å². The number of hydrogen-bond acceptors (Lipinski definition) is 5. The molecule has 0 amide bonds. The van der Waals surface area contributed by atoms with Crippen LogP contribution < -0.4 is 14.5 Å². The van der Waals surface area contributed by atoms with E-state index < -0.39 is 0 Å². The molecule has 4 aliphatic rings. The van der Waals surface area contributed by atoms with Crippen LogP contribution in [0, 0.1) is 11.8 Å². The van der Waals surface area contributed by atoms with Gasteiger partial charge in [0.2, 0.25) is 0 Å². The SMILES string of the molecule is CC(C)N1CCN2c3ncc(N4CC5CCCC5C4)cc3OCC[C@@H]2C1. The lowest BCUT2D eigenvalue weighted by molar-refractivity contribution is 0.172. The summed E-state index contributed by atoms with van der Waals surface area (Å²) in [6, 6.07) is 3.41. The van der Waals surface area contributed by atoms with Gasteiger partial charge >= 0.3 is 0 Å². The monoisotopic (exact) mass is 356 g/mol. The molecule has 1 saturated carbocycles. The van der Waals surface area contributed by atoms with Crippen LogP contribution in [0.2, 0.25) is 0 Å². The standard InChI is InChI=1S/C21H32N4O/c1-15(2)23-7-8-25-18(14-23)6-9-26-20-10-19(11-22-21(20)25)24-12-16-4-3-5-17(16)13-24/h10-11,15-18H,3-9,12-14H2,1-2H3/t16?,17?,18-/m1/s1. The third-order valence-corrected chi connectivity index (χ3v) is 7.14. The van der Waals surface area contributed by atoms with Gasteiger partial charge in [0.15, 0.2) is 11.6 Å². The molecule has 2 unspecified atom stereocenters. The highest BCUT2D eigenvalue weighted by Crippen LogP contribution is 2.41. The first-order valence-electron chi connectivity index (χ1n) is 10.6. The summed E-state index contributed by atoms with van der Waals surface area (Å²) in [6.07, 6.45) is 7.44. The van der Waals surface area contributed by atoms with E-state index in [1.807, 2.05) is 0 Å². The summed E-state index contributed by atoms with van der Waals surface area (Å²) < 4.78 is 6.18. The average Bonchev–Trinajstić information content (AvgIpc) is 3.18. The largest absolute Gasteiger partial charge is 0.490 e. The number of nitrogens with zero attached hydrogens (tertiary/aromatic N) is 4. The minimum Gasteiger partial charge on any atom is -0.490 e. The molecule has 26 heavy (non-hydrogen) atoms. The van der Waals surface area contributed by atoms with Crippen LogP contribution in [-0.4, -0.2) is 61.3 Å². The molecule has 5 heteroatoms. The minimum absolute atomic E-state index is 0.525. The first-order chi connectivity index (χ1) is 12.7. The maximum absolute atomic E-state index is 6.18. The van der Waals surface area contributed by atoms with Crippen molar-refractivity contribution in [1.29, 1.82) is 0 Å². The lowest BCUT2D eigenvalue weighted by Gasteiger charge is -2.42. The first kappa shape index (κ1) is 16.7. The van der Waals surface area contributed by atoms with E-state index in [4.69, 9.17) is 9.72 Å².